The highest BCUT2D eigenvalue weighted by molar-refractivity contribution is 4.69. The van der Waals surface area contributed by atoms with E-state index in [1.165, 1.54) is 0 Å². The van der Waals surface area contributed by atoms with Crippen LogP contribution in [0.2, 0.25) is 0 Å². The third-order valence-electron chi connectivity index (χ3n) is 0.739. The molecule has 0 amide bonds. The van der Waals surface area contributed by atoms with Crippen LogP contribution >= 0.6 is 0 Å². The molecule has 0 aliphatic carbocycles. The summed E-state index contributed by atoms with van der Waals surface area (Å²) in [5, 5.41) is 9.21. The summed E-state index contributed by atoms with van der Waals surface area (Å²) in [4.78, 5) is 0. The van der Waals surface area contributed by atoms with Crippen molar-refractivity contribution >= 4 is 0 Å². The summed E-state index contributed by atoms with van der Waals surface area (Å²) in [6, 6.07) is -2.83. The highest BCUT2D eigenvalue weighted by atomic mass is 16.3. The summed E-state index contributed by atoms with van der Waals surface area (Å²) in [5.74, 6) is -3.26. The second-order valence-electron chi connectivity index (χ2n) is 1.51. The number of aliphatic hydroxyl groups excluding tert-OH is 1. The molecule has 0 aliphatic heterocycles. The average Bonchev–Trinajstić information content (AvgIpc) is 1.97. The molecule has 0 radical (unpaired) electrons. The molecule has 0 spiro atoms. The molecule has 0 aromatic rings. The fourth-order valence-electron chi connectivity index (χ4n) is 0.209. The van der Waals surface area contributed by atoms with Gasteiger partial charge in [0, 0.05) is 17.0 Å². The molecule has 0 bridgehead atoms. The minimum atomic E-state index is -3.31. The molecule has 8 heavy (non-hydrogen) atoms. The standard InChI is InChI=1S/C6H15NO/c1-4(2)6(7)5(3)8/h4-6,8H,7H2,1-3H3/t5?,6-/m1/s1/i1D3,2D3,4D,6D. The van der Waals surface area contributed by atoms with Crippen molar-refractivity contribution in [3.8, 4) is 0 Å². The van der Waals surface area contributed by atoms with Gasteiger partial charge in [0.1, 0.15) is 0 Å². The first-order valence-electron chi connectivity index (χ1n) is 6.16. The molecular formula is C6H15NO. The molecule has 0 rings (SSSR count). The normalized spacial score (nSPS) is 41.9. The molecule has 0 aromatic heterocycles. The summed E-state index contributed by atoms with van der Waals surface area (Å²) in [5.41, 5.74) is 5.22. The Hall–Kier alpha value is -0.0800. The number of aliphatic hydroxyl groups is 1. The lowest BCUT2D eigenvalue weighted by Crippen LogP contribution is -2.36. The van der Waals surface area contributed by atoms with Gasteiger partial charge in [0.15, 0.2) is 0 Å². The zero-order valence-electron chi connectivity index (χ0n) is 12.6. The van der Waals surface area contributed by atoms with Gasteiger partial charge in [-0.3, -0.25) is 0 Å². The van der Waals surface area contributed by atoms with Crippen LogP contribution in [-0.2, 0) is 0 Å². The van der Waals surface area contributed by atoms with E-state index in [9.17, 15) is 5.11 Å². The highest BCUT2D eigenvalue weighted by Gasteiger charge is 2.11. The van der Waals surface area contributed by atoms with Crippen LogP contribution in [0, 0.1) is 5.89 Å². The maximum absolute atomic E-state index is 9.21. The minimum absolute atomic E-state index is 0.980. The Balaban J connectivity index is 5.81. The van der Waals surface area contributed by atoms with Crippen molar-refractivity contribution in [3.05, 3.63) is 0 Å². The quantitative estimate of drug-likeness (QED) is 0.559. The van der Waals surface area contributed by atoms with Gasteiger partial charge in [0.05, 0.1) is 6.10 Å². The molecule has 0 heterocycles. The van der Waals surface area contributed by atoms with E-state index >= 15 is 0 Å². The minimum Gasteiger partial charge on any atom is -0.392 e. The SMILES string of the molecule is [2H]C([2H])([2H])C([2H])(C([2H])([2H])[2H])[C@@]([2H])(N)C(C)O. The predicted molar refractivity (Wildman–Crippen MR) is 34.5 cm³/mol. The second kappa shape index (κ2) is 3.05. The predicted octanol–water partition coefficient (Wildman–Crippen LogP) is 0.351. The van der Waals surface area contributed by atoms with E-state index in [2.05, 4.69) is 0 Å². The summed E-state index contributed by atoms with van der Waals surface area (Å²) in [6.07, 6.45) is -1.77. The molecule has 0 fully saturated rings. The van der Waals surface area contributed by atoms with E-state index in [1.54, 1.807) is 0 Å². The molecule has 2 atom stereocenters. The molecule has 0 saturated heterocycles. The zero-order valence-corrected chi connectivity index (χ0v) is 4.60. The Labute approximate surface area is 61.9 Å². The van der Waals surface area contributed by atoms with Crippen molar-refractivity contribution in [2.45, 2.75) is 32.7 Å². The van der Waals surface area contributed by atoms with E-state index in [1.807, 2.05) is 0 Å². The summed E-state index contributed by atoms with van der Waals surface area (Å²) >= 11 is 0. The summed E-state index contributed by atoms with van der Waals surface area (Å²) in [7, 11) is 0. The van der Waals surface area contributed by atoms with E-state index in [0.717, 1.165) is 6.92 Å². The Bertz CT molecular complexity index is 240. The number of hydrogen-bond donors (Lipinski definition) is 2. The van der Waals surface area contributed by atoms with Gasteiger partial charge < -0.3 is 10.8 Å². The van der Waals surface area contributed by atoms with Crippen LogP contribution < -0.4 is 5.73 Å². The van der Waals surface area contributed by atoms with Gasteiger partial charge in [-0.25, -0.2) is 0 Å². The Morgan fingerprint density at radius 2 is 2.25 bits per heavy atom. The van der Waals surface area contributed by atoms with E-state index in [-0.39, 0.29) is 0 Å². The highest BCUT2D eigenvalue weighted by Crippen LogP contribution is 2.01. The fourth-order valence-corrected chi connectivity index (χ4v) is 0.209. The van der Waals surface area contributed by atoms with E-state index in [0.29, 0.717) is 0 Å². The zero-order chi connectivity index (χ0) is 13.6. The molecule has 0 saturated carbocycles. The van der Waals surface area contributed by atoms with Crippen molar-refractivity contribution in [1.82, 2.24) is 0 Å². The van der Waals surface area contributed by atoms with Gasteiger partial charge in [-0.1, -0.05) is 13.7 Å². The number of nitrogens with two attached hydrogens (primary N) is 1. The van der Waals surface area contributed by atoms with Crippen molar-refractivity contribution in [2.75, 3.05) is 0 Å². The molecule has 0 aliphatic rings. The van der Waals surface area contributed by atoms with Gasteiger partial charge >= 0.3 is 0 Å². The van der Waals surface area contributed by atoms with Gasteiger partial charge in [-0.15, -0.1) is 0 Å². The first-order valence-corrected chi connectivity index (χ1v) is 2.16. The third-order valence-corrected chi connectivity index (χ3v) is 0.739. The molecule has 0 aromatic carbocycles. The van der Waals surface area contributed by atoms with Crippen LogP contribution in [-0.4, -0.2) is 17.2 Å². The van der Waals surface area contributed by atoms with Crippen LogP contribution in [0.1, 0.15) is 31.6 Å². The summed E-state index contributed by atoms with van der Waals surface area (Å²) < 4.78 is 57.4. The lowest BCUT2D eigenvalue weighted by Gasteiger charge is -2.17. The van der Waals surface area contributed by atoms with Crippen LogP contribution in [0.5, 0.6) is 0 Å². The Kier molecular flexibility index (Phi) is 0.649. The van der Waals surface area contributed by atoms with Crippen LogP contribution in [0.25, 0.3) is 0 Å². The van der Waals surface area contributed by atoms with Gasteiger partial charge in [-0.05, 0) is 12.8 Å². The maximum Gasteiger partial charge on any atom is 0.0665 e. The van der Waals surface area contributed by atoms with E-state index in [4.69, 9.17) is 16.7 Å². The van der Waals surface area contributed by atoms with Crippen molar-refractivity contribution in [3.63, 3.8) is 0 Å². The van der Waals surface area contributed by atoms with Gasteiger partial charge in [-0.2, -0.15) is 0 Å². The van der Waals surface area contributed by atoms with Gasteiger partial charge in [0.25, 0.3) is 0 Å². The topological polar surface area (TPSA) is 46.2 Å². The summed E-state index contributed by atoms with van der Waals surface area (Å²) in [6.45, 7) is -5.65. The largest absolute Gasteiger partial charge is 0.392 e. The van der Waals surface area contributed by atoms with Crippen LogP contribution in [0.4, 0.5) is 0 Å². The molecule has 2 heteroatoms. The van der Waals surface area contributed by atoms with Crippen LogP contribution in [0.3, 0.4) is 0 Å². The van der Waals surface area contributed by atoms with Crippen LogP contribution in [0.15, 0.2) is 0 Å². The monoisotopic (exact) mass is 125 g/mol. The first kappa shape index (κ1) is 1.70. The maximum atomic E-state index is 9.21. The molecule has 2 nitrogen and oxygen atoms in total. The smallest absolute Gasteiger partial charge is 0.0665 e. The Morgan fingerprint density at radius 1 is 1.75 bits per heavy atom. The third kappa shape index (κ3) is 2.28. The number of hydrogen-bond acceptors (Lipinski definition) is 2. The average molecular weight is 125 g/mol. The Morgan fingerprint density at radius 3 is 2.38 bits per heavy atom. The molecule has 3 N–H and O–H groups in total. The van der Waals surface area contributed by atoms with Gasteiger partial charge in [0.2, 0.25) is 0 Å². The van der Waals surface area contributed by atoms with Crippen molar-refractivity contribution in [2.24, 2.45) is 11.6 Å². The van der Waals surface area contributed by atoms with E-state index < -0.39 is 31.7 Å². The van der Waals surface area contributed by atoms with Crippen molar-refractivity contribution < 1.29 is 16.1 Å². The number of rotatable bonds is 2. The first-order chi connectivity index (χ1) is 6.69. The molecule has 1 unspecified atom stereocenters. The molecule has 50 valence electrons. The lowest BCUT2D eigenvalue weighted by atomic mass is 10.0. The van der Waals surface area contributed by atoms with Crippen molar-refractivity contribution in [1.29, 1.82) is 0 Å². The fraction of sp³-hybridized carbons (Fsp3) is 1.00. The second-order valence-corrected chi connectivity index (χ2v) is 1.51. The molecular weight excluding hydrogens is 102 g/mol. The lowest BCUT2D eigenvalue weighted by molar-refractivity contribution is 0.142.